The number of amides is 1. The van der Waals surface area contributed by atoms with Gasteiger partial charge >= 0.3 is 0 Å². The minimum atomic E-state index is -4.09. The molecule has 7 nitrogen and oxygen atoms in total. The summed E-state index contributed by atoms with van der Waals surface area (Å²) in [7, 11) is -4.09. The number of carbonyl (C=O) groups is 1. The molecule has 0 aromatic heterocycles. The normalized spacial score (nSPS) is 18.5. The van der Waals surface area contributed by atoms with Gasteiger partial charge in [-0.15, -0.1) is 0 Å². The van der Waals surface area contributed by atoms with Crippen molar-refractivity contribution < 1.29 is 27.1 Å². The van der Waals surface area contributed by atoms with Crippen LogP contribution in [0.3, 0.4) is 0 Å². The molecule has 0 bridgehead atoms. The van der Waals surface area contributed by atoms with Crippen LogP contribution in [0.5, 0.6) is 0 Å². The molecule has 1 heterocycles. The maximum Gasteiger partial charge on any atom is 0.239 e. The van der Waals surface area contributed by atoms with Gasteiger partial charge in [0, 0.05) is 28.7 Å². The van der Waals surface area contributed by atoms with Gasteiger partial charge in [-0.1, -0.05) is 47.5 Å². The Morgan fingerprint density at radius 1 is 1.03 bits per heavy atom. The molecular formula is C27H27Cl2F2N3O4S. The first-order valence-corrected chi connectivity index (χ1v) is 14.6. The second-order valence-electron chi connectivity index (χ2n) is 9.49. The summed E-state index contributed by atoms with van der Waals surface area (Å²) in [6.07, 6.45) is 0.916. The molecule has 1 unspecified atom stereocenters. The second kappa shape index (κ2) is 11.8. The van der Waals surface area contributed by atoms with Crippen LogP contribution in [0, 0.1) is 11.6 Å². The fraction of sp³-hybridized carbons (Fsp3) is 0.296. The first-order chi connectivity index (χ1) is 18.4. The summed E-state index contributed by atoms with van der Waals surface area (Å²) in [4.78, 5) is 15.4. The zero-order chi connectivity index (χ0) is 28.5. The topological polar surface area (TPSA) is 90.0 Å². The van der Waals surface area contributed by atoms with E-state index in [1.807, 2.05) is 0 Å². The van der Waals surface area contributed by atoms with Gasteiger partial charge in [-0.25, -0.2) is 17.2 Å². The highest BCUT2D eigenvalue weighted by Gasteiger charge is 2.52. The van der Waals surface area contributed by atoms with Crippen LogP contribution in [-0.2, 0) is 14.8 Å². The number of hydrogen-bond donors (Lipinski definition) is 2. The van der Waals surface area contributed by atoms with Gasteiger partial charge in [0.2, 0.25) is 15.9 Å². The van der Waals surface area contributed by atoms with Crippen LogP contribution in [-0.4, -0.2) is 61.9 Å². The molecule has 3 atom stereocenters. The Hall–Kier alpha value is -2.76. The van der Waals surface area contributed by atoms with Crippen molar-refractivity contribution in [3.05, 3.63) is 99.5 Å². The van der Waals surface area contributed by atoms with E-state index in [0.717, 1.165) is 33.8 Å². The number of carbonyl (C=O) groups excluding carboxylic acids is 1. The number of hydrogen-bond acceptors (Lipinski definition) is 5. The molecule has 39 heavy (non-hydrogen) atoms. The van der Waals surface area contributed by atoms with Gasteiger partial charge in [-0.05, 0) is 54.4 Å². The molecule has 1 saturated heterocycles. The molecule has 0 spiro atoms. The van der Waals surface area contributed by atoms with E-state index < -0.39 is 51.7 Å². The van der Waals surface area contributed by atoms with Crippen molar-refractivity contribution in [3.8, 4) is 0 Å². The number of sulfonamides is 1. The first-order valence-electron chi connectivity index (χ1n) is 12.0. The summed E-state index contributed by atoms with van der Waals surface area (Å²) in [5.41, 5.74) is 1.31. The number of halogens is 4. The Labute approximate surface area is 236 Å². The van der Waals surface area contributed by atoms with Gasteiger partial charge in [0.05, 0.1) is 30.6 Å². The summed E-state index contributed by atoms with van der Waals surface area (Å²) in [6.45, 7) is 1.31. The van der Waals surface area contributed by atoms with Gasteiger partial charge in [0.25, 0.3) is 0 Å². The molecule has 0 saturated carbocycles. The van der Waals surface area contributed by atoms with Crippen molar-refractivity contribution in [2.75, 3.05) is 23.7 Å². The molecule has 4 rings (SSSR count). The Bertz CT molecular complexity index is 1380. The minimum absolute atomic E-state index is 0.0483. The molecule has 3 aromatic carbocycles. The molecule has 2 N–H and O–H groups in total. The third kappa shape index (κ3) is 6.53. The summed E-state index contributed by atoms with van der Waals surface area (Å²) < 4.78 is 55.2. The SMILES string of the molecule is C[C@H](CO)NC(=O)[C@H]1C(N(c2cc(F)cc(F)c2)S(C)(=O)=O)CN1C(c1ccc(Cl)cc1)c1ccc(Cl)cc1. The highest BCUT2D eigenvalue weighted by Crippen LogP contribution is 2.40. The number of aliphatic hydroxyl groups excluding tert-OH is 1. The Morgan fingerprint density at radius 2 is 1.51 bits per heavy atom. The monoisotopic (exact) mass is 597 g/mol. The van der Waals surface area contributed by atoms with Gasteiger partial charge in [-0.3, -0.25) is 14.0 Å². The molecule has 3 aromatic rings. The third-order valence-electron chi connectivity index (χ3n) is 6.51. The predicted octanol–water partition coefficient (Wildman–Crippen LogP) is 4.38. The average molecular weight is 598 g/mol. The van der Waals surface area contributed by atoms with Crippen LogP contribution in [0.15, 0.2) is 66.7 Å². The molecule has 1 aliphatic rings. The lowest BCUT2D eigenvalue weighted by Crippen LogP contribution is -2.73. The van der Waals surface area contributed by atoms with E-state index >= 15 is 0 Å². The lowest BCUT2D eigenvalue weighted by atomic mass is 9.86. The summed E-state index contributed by atoms with van der Waals surface area (Å²) in [6, 6.07) is 13.3. The van der Waals surface area contributed by atoms with Crippen molar-refractivity contribution >= 4 is 44.8 Å². The lowest BCUT2D eigenvalue weighted by molar-refractivity contribution is -0.134. The van der Waals surface area contributed by atoms with Crippen molar-refractivity contribution in [2.24, 2.45) is 0 Å². The molecule has 1 fully saturated rings. The van der Waals surface area contributed by atoms with Crippen molar-refractivity contribution in [1.82, 2.24) is 10.2 Å². The number of benzene rings is 3. The van der Waals surface area contributed by atoms with E-state index in [0.29, 0.717) is 16.1 Å². The van der Waals surface area contributed by atoms with Crippen LogP contribution >= 0.6 is 23.2 Å². The molecule has 0 aliphatic carbocycles. The van der Waals surface area contributed by atoms with E-state index in [1.165, 1.54) is 0 Å². The third-order valence-corrected chi connectivity index (χ3v) is 8.21. The highest BCUT2D eigenvalue weighted by molar-refractivity contribution is 7.92. The fourth-order valence-corrected chi connectivity index (χ4v) is 6.26. The highest BCUT2D eigenvalue weighted by atomic mass is 35.5. The van der Waals surface area contributed by atoms with Crippen molar-refractivity contribution in [1.29, 1.82) is 0 Å². The van der Waals surface area contributed by atoms with Gasteiger partial charge in [0.15, 0.2) is 0 Å². The van der Waals surface area contributed by atoms with Crippen LogP contribution in [0.2, 0.25) is 10.0 Å². The molecule has 0 radical (unpaired) electrons. The van der Waals surface area contributed by atoms with Gasteiger partial charge < -0.3 is 10.4 Å². The van der Waals surface area contributed by atoms with E-state index in [-0.39, 0.29) is 18.8 Å². The maximum atomic E-state index is 14.1. The van der Waals surface area contributed by atoms with Gasteiger partial charge in [0.1, 0.15) is 17.7 Å². The average Bonchev–Trinajstić information content (AvgIpc) is 2.83. The van der Waals surface area contributed by atoms with E-state index in [9.17, 15) is 27.1 Å². The zero-order valence-electron chi connectivity index (χ0n) is 21.1. The van der Waals surface area contributed by atoms with Crippen LogP contribution in [0.25, 0.3) is 0 Å². The number of nitrogens with one attached hydrogen (secondary N) is 1. The number of aliphatic hydroxyl groups is 1. The predicted molar refractivity (Wildman–Crippen MR) is 147 cm³/mol. The number of anilines is 1. The smallest absolute Gasteiger partial charge is 0.239 e. The molecule has 1 amide bonds. The maximum absolute atomic E-state index is 14.1. The Balaban J connectivity index is 1.83. The summed E-state index contributed by atoms with van der Waals surface area (Å²) in [5.74, 6) is -2.46. The van der Waals surface area contributed by atoms with E-state index in [2.05, 4.69) is 5.32 Å². The number of likely N-dealkylation sites (tertiary alicyclic amines) is 1. The minimum Gasteiger partial charge on any atom is -0.394 e. The molecule has 12 heteroatoms. The van der Waals surface area contributed by atoms with Crippen molar-refractivity contribution in [3.63, 3.8) is 0 Å². The first kappa shape index (κ1) is 29.2. The summed E-state index contributed by atoms with van der Waals surface area (Å²) in [5, 5.41) is 13.3. The fourth-order valence-electron chi connectivity index (χ4n) is 4.84. The molecule has 208 valence electrons. The largest absolute Gasteiger partial charge is 0.394 e. The zero-order valence-corrected chi connectivity index (χ0v) is 23.4. The summed E-state index contributed by atoms with van der Waals surface area (Å²) >= 11 is 12.2. The lowest BCUT2D eigenvalue weighted by Gasteiger charge is -2.54. The standard InChI is InChI=1S/C27H27Cl2F2N3O4S/c1-16(15-35)32-27(36)26-24(34(39(2,37)38)23-12-21(30)11-22(31)13-23)14-33(26)25(17-3-7-19(28)8-4-17)18-5-9-20(29)10-6-18/h3-13,16,24-26,35H,14-15H2,1-2H3,(H,32,36)/t16-,24?,26-/m1/s1. The second-order valence-corrected chi connectivity index (χ2v) is 12.2. The van der Waals surface area contributed by atoms with Crippen LogP contribution in [0.1, 0.15) is 24.1 Å². The van der Waals surface area contributed by atoms with E-state index in [4.69, 9.17) is 23.2 Å². The quantitative estimate of drug-likeness (QED) is 0.382. The molecular weight excluding hydrogens is 571 g/mol. The Morgan fingerprint density at radius 3 is 1.95 bits per heavy atom. The Kier molecular flexibility index (Phi) is 8.82. The van der Waals surface area contributed by atoms with Crippen molar-refractivity contribution in [2.45, 2.75) is 31.1 Å². The van der Waals surface area contributed by atoms with Crippen LogP contribution in [0.4, 0.5) is 14.5 Å². The van der Waals surface area contributed by atoms with Gasteiger partial charge in [-0.2, -0.15) is 0 Å². The van der Waals surface area contributed by atoms with E-state index in [1.54, 1.807) is 60.4 Å². The number of rotatable bonds is 9. The van der Waals surface area contributed by atoms with Crippen LogP contribution < -0.4 is 9.62 Å². The number of nitrogens with zero attached hydrogens (tertiary/aromatic N) is 2. The molecule has 1 aliphatic heterocycles.